The minimum Gasteiger partial charge on any atom is -0.384 e. The van der Waals surface area contributed by atoms with E-state index in [1.807, 2.05) is 30.7 Å². The van der Waals surface area contributed by atoms with E-state index < -0.39 is 64.3 Å². The summed E-state index contributed by atoms with van der Waals surface area (Å²) in [5.41, 5.74) is -1.77. The van der Waals surface area contributed by atoms with Crippen molar-refractivity contribution < 1.29 is 51.1 Å². The highest BCUT2D eigenvalue weighted by atomic mass is 19.4. The van der Waals surface area contributed by atoms with Crippen molar-refractivity contribution in [3.8, 4) is 11.1 Å². The number of carbonyl (C=O) groups excluding carboxylic acids is 7. The number of imide groups is 2. The smallest absolute Gasteiger partial charge is 0.384 e. The van der Waals surface area contributed by atoms with Gasteiger partial charge in [0.2, 0.25) is 29.2 Å². The van der Waals surface area contributed by atoms with Crippen molar-refractivity contribution in [1.82, 2.24) is 35.3 Å². The Morgan fingerprint density at radius 1 is 0.836 bits per heavy atom. The Balaban J connectivity index is 0.807. The van der Waals surface area contributed by atoms with Crippen LogP contribution in [0.5, 0.6) is 0 Å². The quantitative estimate of drug-likeness (QED) is 0.0640. The fourth-order valence-corrected chi connectivity index (χ4v) is 9.58. The van der Waals surface area contributed by atoms with Crippen LogP contribution < -0.4 is 36.6 Å². The minimum absolute atomic E-state index is 0.00540. The van der Waals surface area contributed by atoms with Gasteiger partial charge >= 0.3 is 6.18 Å². The maximum absolute atomic E-state index is 16.2. The van der Waals surface area contributed by atoms with E-state index in [0.717, 1.165) is 4.90 Å². The van der Waals surface area contributed by atoms with Crippen molar-refractivity contribution in [3.63, 3.8) is 0 Å². The predicted molar refractivity (Wildman–Crippen MR) is 260 cm³/mol. The van der Waals surface area contributed by atoms with Crippen molar-refractivity contribution in [1.29, 1.82) is 0 Å². The van der Waals surface area contributed by atoms with E-state index in [-0.39, 0.29) is 77.6 Å². The number of pyridine rings is 2. The average Bonchev–Trinajstić information content (AvgIpc) is 3.61. The molecule has 23 heteroatoms. The Hall–Kier alpha value is -7.69. The molecule has 4 aliphatic heterocycles. The van der Waals surface area contributed by atoms with Crippen molar-refractivity contribution in [3.05, 3.63) is 99.3 Å². The number of halogens is 4. The van der Waals surface area contributed by atoms with Crippen LogP contribution in [0.4, 0.5) is 40.4 Å². The van der Waals surface area contributed by atoms with Crippen LogP contribution in [0.25, 0.3) is 11.1 Å². The van der Waals surface area contributed by atoms with Crippen LogP contribution in [0.1, 0.15) is 89.0 Å². The number of aromatic nitrogens is 2. The molecule has 3 atom stereocenters. The third-order valence-corrected chi connectivity index (χ3v) is 13.8. The molecule has 386 valence electrons. The van der Waals surface area contributed by atoms with Crippen molar-refractivity contribution in [2.45, 2.75) is 76.7 Å². The monoisotopic (exact) mass is 1010 g/mol. The van der Waals surface area contributed by atoms with Gasteiger partial charge in [0.05, 0.1) is 33.6 Å². The molecule has 2 aromatic heterocycles. The van der Waals surface area contributed by atoms with Gasteiger partial charge in [-0.15, -0.1) is 0 Å². The molecular weight excluding hydrogens is 959 g/mol. The molecule has 0 radical (unpaired) electrons. The summed E-state index contributed by atoms with van der Waals surface area (Å²) in [4.78, 5) is 117. The maximum atomic E-state index is 16.2. The molecule has 0 bridgehead atoms. The molecule has 6 heterocycles. The second-order valence-electron chi connectivity index (χ2n) is 18.6. The highest BCUT2D eigenvalue weighted by Crippen LogP contribution is 2.38. The molecule has 4 aliphatic rings. The van der Waals surface area contributed by atoms with Crippen LogP contribution in [-0.2, 0) is 25.4 Å². The normalized spacial score (nSPS) is 19.5. The zero-order valence-corrected chi connectivity index (χ0v) is 40.4. The molecule has 19 nitrogen and oxygen atoms in total. The van der Waals surface area contributed by atoms with Crippen LogP contribution in [0.3, 0.4) is 0 Å². The summed E-state index contributed by atoms with van der Waals surface area (Å²) >= 11 is 0. The van der Waals surface area contributed by atoms with Gasteiger partial charge in [-0.3, -0.25) is 53.5 Å². The highest BCUT2D eigenvalue weighted by Gasteiger charge is 2.46. The van der Waals surface area contributed by atoms with Crippen LogP contribution in [0.15, 0.2) is 65.7 Å². The van der Waals surface area contributed by atoms with Crippen LogP contribution in [-0.4, -0.2) is 144 Å². The lowest BCUT2D eigenvalue weighted by Gasteiger charge is -2.44. The van der Waals surface area contributed by atoms with E-state index in [4.69, 9.17) is 0 Å². The number of nitrogens with one attached hydrogen (secondary N) is 5. The summed E-state index contributed by atoms with van der Waals surface area (Å²) in [6.45, 7) is 7.21. The number of likely N-dealkylation sites (N-methyl/N-ethyl adjacent to an activating group) is 1. The number of fused-ring (bicyclic) bond motifs is 1. The molecule has 7 amide bonds. The maximum Gasteiger partial charge on any atom is 0.417 e. The summed E-state index contributed by atoms with van der Waals surface area (Å²) < 4.78 is 58.0. The molecular formula is C50H55F4N11O8. The number of nitrogens with zero attached hydrogens (tertiary/aromatic N) is 6. The van der Waals surface area contributed by atoms with Crippen LogP contribution in [0, 0.1) is 5.82 Å². The lowest BCUT2D eigenvalue weighted by Crippen LogP contribution is -2.55. The Morgan fingerprint density at radius 2 is 1.56 bits per heavy atom. The van der Waals surface area contributed by atoms with Gasteiger partial charge in [0.1, 0.15) is 17.7 Å². The zero-order valence-electron chi connectivity index (χ0n) is 40.4. The van der Waals surface area contributed by atoms with Crippen LogP contribution >= 0.6 is 0 Å². The second kappa shape index (κ2) is 21.6. The molecule has 73 heavy (non-hydrogen) atoms. The number of carbonyl (C=O) groups is 7. The van der Waals surface area contributed by atoms with Gasteiger partial charge in [-0.2, -0.15) is 13.2 Å². The number of hydrogen-bond acceptors (Lipinski definition) is 13. The Labute approximate surface area is 416 Å². The van der Waals surface area contributed by atoms with Gasteiger partial charge in [0.15, 0.2) is 0 Å². The third-order valence-electron chi connectivity index (χ3n) is 13.8. The number of H-pyrrole nitrogens is 1. The summed E-state index contributed by atoms with van der Waals surface area (Å²) in [7, 11) is 1.96. The van der Waals surface area contributed by atoms with Crippen LogP contribution in [0.2, 0.25) is 0 Å². The Morgan fingerprint density at radius 3 is 2.25 bits per heavy atom. The van der Waals surface area contributed by atoms with E-state index >= 15 is 4.39 Å². The first-order chi connectivity index (χ1) is 34.8. The molecule has 1 unspecified atom stereocenters. The number of hydrogen-bond donors (Lipinski definition) is 5. The lowest BCUT2D eigenvalue weighted by atomic mass is 10.0. The van der Waals surface area contributed by atoms with E-state index in [9.17, 15) is 51.5 Å². The number of amides is 7. The molecule has 4 aromatic rings. The molecule has 3 saturated heterocycles. The molecule has 2 aromatic carbocycles. The molecule has 5 N–H and O–H groups in total. The summed E-state index contributed by atoms with van der Waals surface area (Å²) in [6, 6.07) is 10.1. The van der Waals surface area contributed by atoms with E-state index in [1.165, 1.54) is 24.4 Å². The summed E-state index contributed by atoms with van der Waals surface area (Å²) in [6.07, 6.45) is -1.59. The number of piperazine rings is 2. The van der Waals surface area contributed by atoms with Gasteiger partial charge in [0, 0.05) is 119 Å². The number of unbranched alkanes of at least 4 members (excludes halogenated alkanes) is 1. The molecule has 0 spiro atoms. The number of rotatable bonds is 15. The average molecular weight is 1010 g/mol. The molecule has 0 saturated carbocycles. The fourth-order valence-electron chi connectivity index (χ4n) is 9.58. The summed E-state index contributed by atoms with van der Waals surface area (Å²) in [5, 5.41) is 10.7. The van der Waals surface area contributed by atoms with Gasteiger partial charge < -0.3 is 35.6 Å². The fraction of sp³-hybridized carbons (Fsp3) is 0.420. The van der Waals surface area contributed by atoms with Gasteiger partial charge in [-0.25, -0.2) is 9.37 Å². The third kappa shape index (κ3) is 11.4. The Kier molecular flexibility index (Phi) is 15.3. The van der Waals surface area contributed by atoms with E-state index in [1.54, 1.807) is 29.2 Å². The number of piperidine rings is 1. The van der Waals surface area contributed by atoms with Gasteiger partial charge in [-0.1, -0.05) is 6.07 Å². The van der Waals surface area contributed by atoms with Gasteiger partial charge in [-0.05, 0) is 76.6 Å². The predicted octanol–water partition coefficient (Wildman–Crippen LogP) is 4.21. The highest BCUT2D eigenvalue weighted by molar-refractivity contribution is 6.25. The van der Waals surface area contributed by atoms with Gasteiger partial charge in [0.25, 0.3) is 17.7 Å². The number of anilines is 4. The first-order valence-electron chi connectivity index (χ1n) is 24.0. The molecule has 8 rings (SSSR count). The second-order valence-corrected chi connectivity index (χ2v) is 18.6. The minimum atomic E-state index is -5.00. The first kappa shape index (κ1) is 51.7. The number of aromatic amines is 1. The van der Waals surface area contributed by atoms with E-state index in [2.05, 4.69) is 36.1 Å². The molecule has 3 fully saturated rings. The number of alkyl halides is 3. The van der Waals surface area contributed by atoms with Crippen molar-refractivity contribution in [2.24, 2.45) is 0 Å². The van der Waals surface area contributed by atoms with Crippen molar-refractivity contribution in [2.75, 3.05) is 79.8 Å². The Bertz CT molecular complexity index is 2880. The zero-order chi connectivity index (χ0) is 52.3. The number of benzene rings is 2. The summed E-state index contributed by atoms with van der Waals surface area (Å²) in [5.74, 6) is -4.05. The lowest BCUT2D eigenvalue weighted by molar-refractivity contribution is -0.138. The SMILES string of the molecule is C[C@@H]1CN(c2cc(F)c(-c3ccc(N4CCN(C(=O)CCC(=O)NCCCCNc5cccc6c5C(=O)N(C5CCC(=O)NC5=O)C6=O)CC4)nc3)cc2NC(=O)c2c[nH]c(=O)cc2C(F)(F)F)C[C@H](C)N1C. The standard InChI is InChI=1S/C50H55F4N11O8/c1-28-26-64(27-29(2)61(28)3)39-23-35(51)32(21-37(39)59-46(70)33-25-58-43(68)22-34(33)50(52,53)54)30-9-11-40(57-24-30)62-17-19-63(20-18-62)44(69)14-13-41(66)56-16-5-4-15-55-36-8-6-7-31-45(36)49(73)65(48(31)72)38-10-12-42(67)60-47(38)71/h6-9,11,21-25,28-29,38,55H,4-5,10,12-20,26-27H2,1-3H3,(H,56,66)(H,58,68)(H,59,70)(H,60,67,71)/t28-,29+,38?. The van der Waals surface area contributed by atoms with E-state index in [0.29, 0.717) is 94.5 Å². The first-order valence-corrected chi connectivity index (χ1v) is 24.0. The molecule has 0 aliphatic carbocycles. The topological polar surface area (TPSA) is 230 Å². The largest absolute Gasteiger partial charge is 0.417 e. The van der Waals surface area contributed by atoms with Crippen molar-refractivity contribution >= 4 is 64.2 Å².